The number of imide groups is 1. The van der Waals surface area contributed by atoms with Crippen molar-refractivity contribution in [1.29, 1.82) is 0 Å². The van der Waals surface area contributed by atoms with Gasteiger partial charge >= 0.3 is 6.03 Å². The maximum Gasteiger partial charge on any atom is 0.323 e. The normalized spacial score (nSPS) is 29.1. The van der Waals surface area contributed by atoms with Gasteiger partial charge in [-0.1, -0.05) is 5.92 Å². The molecule has 1 fully saturated rings. The van der Waals surface area contributed by atoms with Gasteiger partial charge in [0.15, 0.2) is 5.54 Å². The van der Waals surface area contributed by atoms with E-state index in [2.05, 4.69) is 11.2 Å². The van der Waals surface area contributed by atoms with E-state index in [4.69, 9.17) is 12.2 Å². The molecular formula is C6H7N3O2. The Balaban J connectivity index is 2.96. The molecule has 0 aromatic heterocycles. The number of urea groups is 1. The highest BCUT2D eigenvalue weighted by molar-refractivity contribution is 6.09. The molecular weight excluding hydrogens is 146 g/mol. The number of hydrogen-bond acceptors (Lipinski definition) is 3. The average Bonchev–Trinajstić information content (AvgIpc) is 2.27. The minimum absolute atomic E-state index is 0.0962. The maximum atomic E-state index is 11.0. The molecule has 0 bridgehead atoms. The molecule has 0 saturated carbocycles. The summed E-state index contributed by atoms with van der Waals surface area (Å²) in [6.45, 7) is -0.0962. The number of rotatable bonds is 1. The molecule has 58 valence electrons. The number of carbonyl (C=O) groups is 2. The molecule has 1 aliphatic rings. The third-order valence-electron chi connectivity index (χ3n) is 1.49. The van der Waals surface area contributed by atoms with Gasteiger partial charge in [-0.3, -0.25) is 10.1 Å². The van der Waals surface area contributed by atoms with Crippen LogP contribution in [-0.4, -0.2) is 24.0 Å². The van der Waals surface area contributed by atoms with Crippen LogP contribution in [0.3, 0.4) is 0 Å². The zero-order valence-electron chi connectivity index (χ0n) is 5.68. The van der Waals surface area contributed by atoms with Crippen LogP contribution in [0.1, 0.15) is 0 Å². The molecule has 0 radical (unpaired) electrons. The zero-order valence-corrected chi connectivity index (χ0v) is 5.68. The molecule has 5 heteroatoms. The first kappa shape index (κ1) is 7.57. The molecule has 3 amide bonds. The number of hydrogen-bond donors (Lipinski definition) is 3. The Morgan fingerprint density at radius 1 is 1.64 bits per heavy atom. The minimum atomic E-state index is -1.34. The highest BCUT2D eigenvalue weighted by atomic mass is 16.2. The fourth-order valence-electron chi connectivity index (χ4n) is 0.796. The van der Waals surface area contributed by atoms with E-state index in [-0.39, 0.29) is 6.54 Å². The van der Waals surface area contributed by atoms with E-state index in [0.29, 0.717) is 0 Å². The summed E-state index contributed by atoms with van der Waals surface area (Å²) in [4.78, 5) is 21.5. The van der Waals surface area contributed by atoms with Crippen molar-refractivity contribution in [1.82, 2.24) is 10.6 Å². The lowest BCUT2D eigenvalue weighted by Gasteiger charge is -2.15. The van der Waals surface area contributed by atoms with Crippen LogP contribution in [0.25, 0.3) is 0 Å². The van der Waals surface area contributed by atoms with Crippen molar-refractivity contribution in [2.24, 2.45) is 5.73 Å². The van der Waals surface area contributed by atoms with E-state index >= 15 is 0 Å². The summed E-state index contributed by atoms with van der Waals surface area (Å²) in [5, 5.41) is 4.25. The standard InChI is InChI=1S/C6H7N3O2/c1-2-6(3-7)4(10)8-5(11)9-6/h1H,3,7H2,(H2,8,9,10,11). The van der Waals surface area contributed by atoms with Gasteiger partial charge in [-0.15, -0.1) is 6.42 Å². The van der Waals surface area contributed by atoms with E-state index in [1.54, 1.807) is 0 Å². The highest BCUT2D eigenvalue weighted by Crippen LogP contribution is 2.06. The summed E-state index contributed by atoms with van der Waals surface area (Å²) < 4.78 is 0. The summed E-state index contributed by atoms with van der Waals surface area (Å²) in [5.41, 5.74) is 3.88. The third kappa shape index (κ3) is 0.932. The number of terminal acetylenes is 1. The Kier molecular flexibility index (Phi) is 1.55. The molecule has 5 nitrogen and oxygen atoms in total. The van der Waals surface area contributed by atoms with Gasteiger partial charge in [0.25, 0.3) is 5.91 Å². The molecule has 1 rings (SSSR count). The topological polar surface area (TPSA) is 84.2 Å². The summed E-state index contributed by atoms with van der Waals surface area (Å²) >= 11 is 0. The molecule has 1 saturated heterocycles. The first-order chi connectivity index (χ1) is 5.14. The van der Waals surface area contributed by atoms with Crippen molar-refractivity contribution < 1.29 is 9.59 Å². The van der Waals surface area contributed by atoms with Gasteiger partial charge in [0.1, 0.15) is 0 Å². The smallest absolute Gasteiger partial charge is 0.323 e. The van der Waals surface area contributed by atoms with Crippen molar-refractivity contribution in [2.45, 2.75) is 5.54 Å². The van der Waals surface area contributed by atoms with Crippen LogP contribution in [0, 0.1) is 12.3 Å². The molecule has 1 aliphatic heterocycles. The average molecular weight is 153 g/mol. The predicted molar refractivity (Wildman–Crippen MR) is 37.3 cm³/mol. The predicted octanol–water partition coefficient (Wildman–Crippen LogP) is -1.84. The molecule has 11 heavy (non-hydrogen) atoms. The van der Waals surface area contributed by atoms with Crippen molar-refractivity contribution in [2.75, 3.05) is 6.54 Å². The van der Waals surface area contributed by atoms with Crippen LogP contribution in [0.2, 0.25) is 0 Å². The van der Waals surface area contributed by atoms with Gasteiger partial charge in [-0.25, -0.2) is 4.79 Å². The van der Waals surface area contributed by atoms with Gasteiger partial charge in [0.2, 0.25) is 0 Å². The van der Waals surface area contributed by atoms with E-state index < -0.39 is 17.5 Å². The van der Waals surface area contributed by atoms with Crippen LogP contribution in [0.5, 0.6) is 0 Å². The van der Waals surface area contributed by atoms with Gasteiger partial charge in [-0.05, 0) is 0 Å². The van der Waals surface area contributed by atoms with Gasteiger partial charge in [0.05, 0.1) is 0 Å². The Morgan fingerprint density at radius 2 is 2.27 bits per heavy atom. The largest absolute Gasteiger partial charge is 0.327 e. The SMILES string of the molecule is C#CC1(CN)NC(=O)NC1=O. The molecule has 1 unspecified atom stereocenters. The van der Waals surface area contributed by atoms with Gasteiger partial charge < -0.3 is 11.1 Å². The van der Waals surface area contributed by atoms with E-state index in [9.17, 15) is 9.59 Å². The lowest BCUT2D eigenvalue weighted by atomic mass is 10.0. The van der Waals surface area contributed by atoms with Gasteiger partial charge in [0, 0.05) is 6.54 Å². The van der Waals surface area contributed by atoms with E-state index in [0.717, 1.165) is 0 Å². The van der Waals surface area contributed by atoms with Crippen LogP contribution >= 0.6 is 0 Å². The number of nitrogens with two attached hydrogens (primary N) is 1. The molecule has 1 atom stereocenters. The molecule has 4 N–H and O–H groups in total. The lowest BCUT2D eigenvalue weighted by molar-refractivity contribution is -0.121. The number of carbonyl (C=O) groups excluding carboxylic acids is 2. The van der Waals surface area contributed by atoms with E-state index in [1.807, 2.05) is 5.32 Å². The summed E-state index contributed by atoms with van der Waals surface area (Å²) in [5.74, 6) is 1.58. The second kappa shape index (κ2) is 2.25. The fraction of sp³-hybridized carbons (Fsp3) is 0.333. The van der Waals surface area contributed by atoms with Crippen LogP contribution in [-0.2, 0) is 4.79 Å². The Bertz CT molecular complexity index is 255. The molecule has 1 heterocycles. The quantitative estimate of drug-likeness (QED) is 0.305. The van der Waals surface area contributed by atoms with Crippen LogP contribution in [0.15, 0.2) is 0 Å². The molecule has 0 aliphatic carbocycles. The Labute approximate surface area is 63.3 Å². The van der Waals surface area contributed by atoms with Crippen molar-refractivity contribution in [3.63, 3.8) is 0 Å². The van der Waals surface area contributed by atoms with Crippen molar-refractivity contribution in [3.8, 4) is 12.3 Å². The van der Waals surface area contributed by atoms with Gasteiger partial charge in [-0.2, -0.15) is 0 Å². The Morgan fingerprint density at radius 3 is 2.45 bits per heavy atom. The van der Waals surface area contributed by atoms with Crippen LogP contribution < -0.4 is 16.4 Å². The number of amides is 3. The summed E-state index contributed by atoms with van der Waals surface area (Å²) in [6, 6.07) is -0.599. The second-order valence-electron chi connectivity index (χ2n) is 2.16. The summed E-state index contributed by atoms with van der Waals surface area (Å²) in [6.07, 6.45) is 5.03. The fourth-order valence-corrected chi connectivity index (χ4v) is 0.796. The molecule has 0 aromatic carbocycles. The maximum absolute atomic E-state index is 11.0. The zero-order chi connectivity index (χ0) is 8.48. The highest BCUT2D eigenvalue weighted by Gasteiger charge is 2.43. The van der Waals surface area contributed by atoms with Crippen molar-refractivity contribution >= 4 is 11.9 Å². The molecule has 0 aromatic rings. The Hall–Kier alpha value is -1.54. The monoisotopic (exact) mass is 153 g/mol. The first-order valence-electron chi connectivity index (χ1n) is 2.96. The minimum Gasteiger partial charge on any atom is -0.327 e. The first-order valence-corrected chi connectivity index (χ1v) is 2.96. The van der Waals surface area contributed by atoms with Crippen LogP contribution in [0.4, 0.5) is 4.79 Å². The number of nitrogens with one attached hydrogen (secondary N) is 2. The van der Waals surface area contributed by atoms with E-state index in [1.165, 1.54) is 0 Å². The second-order valence-corrected chi connectivity index (χ2v) is 2.16. The lowest BCUT2D eigenvalue weighted by Crippen LogP contribution is -2.51. The van der Waals surface area contributed by atoms with Crippen molar-refractivity contribution in [3.05, 3.63) is 0 Å². The molecule has 0 spiro atoms. The summed E-state index contributed by atoms with van der Waals surface area (Å²) in [7, 11) is 0. The third-order valence-corrected chi connectivity index (χ3v) is 1.49.